The lowest BCUT2D eigenvalue weighted by Crippen LogP contribution is -2.05. The molecule has 162 valence electrons. The van der Waals surface area contributed by atoms with Crippen LogP contribution in [-0.2, 0) is 16.0 Å². The smallest absolute Gasteiger partial charge is 0.306 e. The number of cyclic esters (lactones) is 1. The number of hydrogen-bond acceptors (Lipinski definition) is 7. The highest BCUT2D eigenvalue weighted by Gasteiger charge is 2.29. The zero-order chi connectivity index (χ0) is 22.1. The van der Waals surface area contributed by atoms with E-state index in [1.165, 1.54) is 0 Å². The minimum atomic E-state index is -0.465. The number of aromatic nitrogens is 4. The molecule has 4 heterocycles. The standard InChI is InChI=1S/C24H22N4O4/c1-14(29)10-15-5-6-16(13-26-15)31-22-12-20-19(11-17(22)21-7-8-23(30)32-21)27-24(28-20)18-4-2-3-9-25-18/h2-6,9,11-14,21,29H,7-8,10H2,1H3,(H,27,28). The number of aliphatic hydroxyl groups excluding tert-OH is 1. The van der Waals surface area contributed by atoms with E-state index in [2.05, 4.69) is 19.9 Å². The molecule has 0 aliphatic carbocycles. The van der Waals surface area contributed by atoms with E-state index in [0.717, 1.165) is 22.5 Å². The molecule has 0 amide bonds. The Labute approximate surface area is 184 Å². The number of nitrogens with one attached hydrogen (secondary N) is 1. The van der Waals surface area contributed by atoms with Crippen LogP contribution in [0, 0.1) is 0 Å². The molecule has 0 spiro atoms. The average Bonchev–Trinajstić information content (AvgIpc) is 3.40. The molecule has 0 bridgehead atoms. The number of esters is 1. The Bertz CT molecular complexity index is 1250. The molecule has 8 heteroatoms. The monoisotopic (exact) mass is 430 g/mol. The second-order valence-corrected chi connectivity index (χ2v) is 7.87. The predicted octanol–water partition coefficient (Wildman–Crippen LogP) is 4.11. The van der Waals surface area contributed by atoms with Crippen molar-refractivity contribution in [1.29, 1.82) is 0 Å². The summed E-state index contributed by atoms with van der Waals surface area (Å²) in [5.41, 5.74) is 3.80. The fraction of sp³-hybridized carbons (Fsp3) is 0.250. The summed E-state index contributed by atoms with van der Waals surface area (Å²) < 4.78 is 11.7. The zero-order valence-electron chi connectivity index (χ0n) is 17.5. The summed E-state index contributed by atoms with van der Waals surface area (Å²) in [4.78, 5) is 28.4. The van der Waals surface area contributed by atoms with Crippen molar-refractivity contribution in [2.75, 3.05) is 0 Å². The number of aliphatic hydroxyl groups is 1. The van der Waals surface area contributed by atoms with Crippen molar-refractivity contribution < 1.29 is 19.4 Å². The molecule has 1 fully saturated rings. The third kappa shape index (κ3) is 4.17. The first kappa shape index (κ1) is 20.1. The minimum absolute atomic E-state index is 0.219. The first-order chi connectivity index (χ1) is 15.5. The van der Waals surface area contributed by atoms with Crippen LogP contribution in [0.25, 0.3) is 22.6 Å². The van der Waals surface area contributed by atoms with Gasteiger partial charge in [0.2, 0.25) is 0 Å². The maximum atomic E-state index is 11.8. The third-order valence-electron chi connectivity index (χ3n) is 5.28. The summed E-state index contributed by atoms with van der Waals surface area (Å²) in [7, 11) is 0. The van der Waals surface area contributed by atoms with Crippen LogP contribution in [0.2, 0.25) is 0 Å². The summed E-state index contributed by atoms with van der Waals surface area (Å²) >= 11 is 0. The normalized spacial score (nSPS) is 16.8. The Morgan fingerprint density at radius 1 is 1.25 bits per heavy atom. The molecular weight excluding hydrogens is 408 g/mol. The lowest BCUT2D eigenvalue weighted by molar-refractivity contribution is -0.141. The fourth-order valence-corrected chi connectivity index (χ4v) is 3.78. The number of imidazole rings is 1. The topological polar surface area (TPSA) is 110 Å². The number of fused-ring (bicyclic) bond motifs is 1. The second kappa shape index (κ2) is 8.39. The van der Waals surface area contributed by atoms with Crippen molar-refractivity contribution in [3.63, 3.8) is 0 Å². The van der Waals surface area contributed by atoms with Gasteiger partial charge in [-0.05, 0) is 43.7 Å². The first-order valence-electron chi connectivity index (χ1n) is 10.5. The molecule has 5 rings (SSSR count). The molecular formula is C24H22N4O4. The van der Waals surface area contributed by atoms with Gasteiger partial charge >= 0.3 is 5.97 Å². The quantitative estimate of drug-likeness (QED) is 0.443. The highest BCUT2D eigenvalue weighted by molar-refractivity contribution is 5.82. The maximum absolute atomic E-state index is 11.8. The first-order valence-corrected chi connectivity index (χ1v) is 10.5. The summed E-state index contributed by atoms with van der Waals surface area (Å²) in [5, 5.41) is 9.55. The Balaban J connectivity index is 1.52. The van der Waals surface area contributed by atoms with Crippen molar-refractivity contribution in [3.8, 4) is 23.0 Å². The van der Waals surface area contributed by atoms with Crippen molar-refractivity contribution >= 4 is 17.0 Å². The predicted molar refractivity (Wildman–Crippen MR) is 117 cm³/mol. The van der Waals surface area contributed by atoms with Gasteiger partial charge in [0.15, 0.2) is 5.82 Å². The molecule has 1 aliphatic rings. The molecule has 4 aromatic rings. The van der Waals surface area contributed by atoms with E-state index in [0.29, 0.717) is 42.1 Å². The summed E-state index contributed by atoms with van der Waals surface area (Å²) in [6.07, 6.45) is 3.93. The van der Waals surface area contributed by atoms with E-state index in [4.69, 9.17) is 9.47 Å². The van der Waals surface area contributed by atoms with Crippen LogP contribution in [0.15, 0.2) is 54.9 Å². The Hall–Kier alpha value is -3.78. The van der Waals surface area contributed by atoms with Gasteiger partial charge in [0, 0.05) is 36.4 Å². The van der Waals surface area contributed by atoms with Crippen LogP contribution in [0.1, 0.15) is 37.1 Å². The summed E-state index contributed by atoms with van der Waals surface area (Å²) in [6, 6.07) is 13.0. The molecule has 1 saturated heterocycles. The molecule has 2 atom stereocenters. The number of benzene rings is 1. The van der Waals surface area contributed by atoms with Gasteiger partial charge in [0.25, 0.3) is 0 Å². The molecule has 1 aliphatic heterocycles. The number of carbonyl (C=O) groups is 1. The van der Waals surface area contributed by atoms with E-state index in [1.54, 1.807) is 19.3 Å². The number of pyridine rings is 2. The zero-order valence-corrected chi connectivity index (χ0v) is 17.5. The van der Waals surface area contributed by atoms with Crippen molar-refractivity contribution in [2.45, 2.75) is 38.4 Å². The van der Waals surface area contributed by atoms with Gasteiger partial charge < -0.3 is 19.6 Å². The number of ether oxygens (including phenoxy) is 2. The number of H-pyrrole nitrogens is 1. The SMILES string of the molecule is CC(O)Cc1ccc(Oc2cc3nc(-c4ccccn4)[nH]c3cc2C2CCC(=O)O2)cn1. The average molecular weight is 430 g/mol. The van der Waals surface area contributed by atoms with Crippen molar-refractivity contribution in [3.05, 3.63) is 66.1 Å². The molecule has 0 saturated carbocycles. The van der Waals surface area contributed by atoms with Gasteiger partial charge in [-0.1, -0.05) is 6.07 Å². The molecule has 32 heavy (non-hydrogen) atoms. The fourth-order valence-electron chi connectivity index (χ4n) is 3.78. The summed E-state index contributed by atoms with van der Waals surface area (Å²) in [6.45, 7) is 1.72. The van der Waals surface area contributed by atoms with Crippen molar-refractivity contribution in [2.24, 2.45) is 0 Å². The van der Waals surface area contributed by atoms with Gasteiger partial charge in [-0.25, -0.2) is 4.98 Å². The summed E-state index contributed by atoms with van der Waals surface area (Å²) in [5.74, 6) is 1.53. The minimum Gasteiger partial charge on any atom is -0.457 e. The van der Waals surface area contributed by atoms with Crippen molar-refractivity contribution in [1.82, 2.24) is 19.9 Å². The van der Waals surface area contributed by atoms with Crippen LogP contribution in [0.4, 0.5) is 0 Å². The molecule has 2 unspecified atom stereocenters. The van der Waals surface area contributed by atoms with Crippen LogP contribution >= 0.6 is 0 Å². The van der Waals surface area contributed by atoms with Gasteiger partial charge in [-0.3, -0.25) is 14.8 Å². The molecule has 2 N–H and O–H groups in total. The lowest BCUT2D eigenvalue weighted by atomic mass is 10.0. The van der Waals surface area contributed by atoms with E-state index in [9.17, 15) is 9.90 Å². The van der Waals surface area contributed by atoms with Gasteiger partial charge in [-0.15, -0.1) is 0 Å². The van der Waals surface area contributed by atoms with E-state index < -0.39 is 6.10 Å². The van der Waals surface area contributed by atoms with Crippen LogP contribution < -0.4 is 4.74 Å². The molecule has 8 nitrogen and oxygen atoms in total. The highest BCUT2D eigenvalue weighted by Crippen LogP contribution is 2.39. The van der Waals surface area contributed by atoms with E-state index in [1.807, 2.05) is 42.5 Å². The van der Waals surface area contributed by atoms with Crippen LogP contribution in [0.3, 0.4) is 0 Å². The number of rotatable bonds is 6. The lowest BCUT2D eigenvalue weighted by Gasteiger charge is -2.16. The van der Waals surface area contributed by atoms with E-state index >= 15 is 0 Å². The Kier molecular flexibility index (Phi) is 5.28. The van der Waals surface area contributed by atoms with Gasteiger partial charge in [0.1, 0.15) is 23.3 Å². The number of carbonyl (C=O) groups excluding carboxylic acids is 1. The van der Waals surface area contributed by atoms with E-state index in [-0.39, 0.29) is 12.1 Å². The second-order valence-electron chi connectivity index (χ2n) is 7.87. The van der Waals surface area contributed by atoms with Crippen LogP contribution in [0.5, 0.6) is 11.5 Å². The van der Waals surface area contributed by atoms with Crippen LogP contribution in [-0.4, -0.2) is 37.1 Å². The molecule has 0 radical (unpaired) electrons. The van der Waals surface area contributed by atoms with Gasteiger partial charge in [0.05, 0.1) is 23.3 Å². The Morgan fingerprint density at radius 2 is 2.16 bits per heavy atom. The molecule has 3 aromatic heterocycles. The highest BCUT2D eigenvalue weighted by atomic mass is 16.6. The van der Waals surface area contributed by atoms with Gasteiger partial charge in [-0.2, -0.15) is 0 Å². The number of nitrogens with zero attached hydrogens (tertiary/aromatic N) is 3. The number of aromatic amines is 1. The number of hydrogen-bond donors (Lipinski definition) is 2. The molecule has 1 aromatic carbocycles. The Morgan fingerprint density at radius 3 is 2.84 bits per heavy atom. The largest absolute Gasteiger partial charge is 0.457 e. The maximum Gasteiger partial charge on any atom is 0.306 e. The third-order valence-corrected chi connectivity index (χ3v) is 5.28.